The van der Waals surface area contributed by atoms with Crippen LogP contribution >= 0.6 is 7.82 Å². The second-order valence-electron chi connectivity index (χ2n) is 12.8. The Bertz CT molecular complexity index is 1390. The average molecular weight is 667 g/mol. The molecule has 0 spiro atoms. The molecule has 1 saturated carbocycles. The van der Waals surface area contributed by atoms with Crippen molar-refractivity contribution in [1.29, 1.82) is 0 Å². The molecule has 0 radical (unpaired) electrons. The molecule has 9 nitrogen and oxygen atoms in total. The van der Waals surface area contributed by atoms with Crippen LogP contribution in [-0.2, 0) is 56.7 Å². The average Bonchev–Trinajstić information content (AvgIpc) is 3.08. The van der Waals surface area contributed by atoms with Crippen LogP contribution in [0.25, 0.3) is 0 Å². The zero-order chi connectivity index (χ0) is 32.5. The van der Waals surface area contributed by atoms with Gasteiger partial charge in [0.15, 0.2) is 6.29 Å². The molecule has 10 heteroatoms. The van der Waals surface area contributed by atoms with Gasteiger partial charge in [-0.05, 0) is 42.9 Å². The maximum Gasteiger partial charge on any atom is 0.475 e. The molecule has 3 fully saturated rings. The lowest BCUT2D eigenvalue weighted by Gasteiger charge is -2.46. The first kappa shape index (κ1) is 34.4. The Morgan fingerprint density at radius 3 is 2.06 bits per heavy atom. The summed E-state index contributed by atoms with van der Waals surface area (Å²) in [5.74, 6) is 0. The van der Waals surface area contributed by atoms with Crippen molar-refractivity contribution in [3.8, 4) is 0 Å². The molecule has 2 heterocycles. The highest BCUT2D eigenvalue weighted by Crippen LogP contribution is 2.58. The van der Waals surface area contributed by atoms with Crippen LogP contribution < -0.4 is 0 Å². The zero-order valence-electron chi connectivity index (χ0n) is 27.0. The summed E-state index contributed by atoms with van der Waals surface area (Å²) in [5.41, 5.74) is 3.02. The summed E-state index contributed by atoms with van der Waals surface area (Å²) in [6, 6.07) is 29.5. The van der Waals surface area contributed by atoms with E-state index in [1.165, 1.54) is 0 Å². The monoisotopic (exact) mass is 666 g/mol. The summed E-state index contributed by atoms with van der Waals surface area (Å²) in [4.78, 5) is 0. The normalized spacial score (nSPS) is 31.8. The Kier molecular flexibility index (Phi) is 12.3. The van der Waals surface area contributed by atoms with Gasteiger partial charge in [-0.15, -0.1) is 0 Å². The number of aliphatic hydroxyl groups is 1. The van der Waals surface area contributed by atoms with E-state index in [2.05, 4.69) is 0 Å². The van der Waals surface area contributed by atoms with E-state index in [0.29, 0.717) is 19.4 Å². The maximum absolute atomic E-state index is 14.2. The molecule has 6 unspecified atom stereocenters. The number of rotatable bonds is 13. The molecule has 2 aliphatic heterocycles. The second-order valence-corrected chi connectivity index (χ2v) is 14.3. The minimum Gasteiger partial charge on any atom is -0.387 e. The van der Waals surface area contributed by atoms with E-state index in [0.717, 1.165) is 48.8 Å². The Balaban J connectivity index is 1.22. The van der Waals surface area contributed by atoms with Gasteiger partial charge < -0.3 is 24.1 Å². The molecule has 2 saturated heterocycles. The van der Waals surface area contributed by atoms with Crippen molar-refractivity contribution in [3.63, 3.8) is 0 Å². The van der Waals surface area contributed by atoms with E-state index in [4.69, 9.17) is 32.5 Å². The highest BCUT2D eigenvalue weighted by Gasteiger charge is 2.52. The van der Waals surface area contributed by atoms with Crippen molar-refractivity contribution in [2.75, 3.05) is 6.61 Å². The number of benzene rings is 3. The molecular formula is C37H47O9P. The molecule has 3 aliphatic rings. The number of ether oxygens (including phenoxy) is 4. The third-order valence-corrected chi connectivity index (χ3v) is 10.6. The highest BCUT2D eigenvalue weighted by atomic mass is 31.2. The number of phosphoric ester groups is 1. The van der Waals surface area contributed by atoms with Crippen molar-refractivity contribution in [2.45, 2.75) is 114 Å². The lowest BCUT2D eigenvalue weighted by atomic mass is 9.96. The van der Waals surface area contributed by atoms with E-state index in [9.17, 15) is 9.67 Å². The van der Waals surface area contributed by atoms with Crippen molar-refractivity contribution < 1.29 is 42.2 Å². The molecule has 3 aromatic carbocycles. The molecule has 6 rings (SSSR count). The second kappa shape index (κ2) is 16.8. The van der Waals surface area contributed by atoms with E-state index in [-0.39, 0.29) is 25.4 Å². The largest absolute Gasteiger partial charge is 0.475 e. The molecule has 0 aromatic heterocycles. The van der Waals surface area contributed by atoms with E-state index >= 15 is 0 Å². The smallest absolute Gasteiger partial charge is 0.387 e. The van der Waals surface area contributed by atoms with Crippen LogP contribution in [0.4, 0.5) is 0 Å². The van der Waals surface area contributed by atoms with Crippen molar-refractivity contribution in [1.82, 2.24) is 0 Å². The Hall–Kier alpha value is -2.43. The summed E-state index contributed by atoms with van der Waals surface area (Å²) < 4.78 is 57.9. The molecule has 1 N–H and O–H groups in total. The SMILES string of the molecule is C[C@@H]1C[C@@H](Cc2ccccc2)OP(=O)(OC2C(OC3CCCCC3)OC(COCc3ccccc3)C(OCc3ccccc3)C2O)O1. The van der Waals surface area contributed by atoms with Gasteiger partial charge in [0, 0.05) is 6.42 Å². The first-order valence-corrected chi connectivity index (χ1v) is 18.4. The first-order chi connectivity index (χ1) is 22.9. The van der Waals surface area contributed by atoms with Gasteiger partial charge in [0.2, 0.25) is 0 Å². The van der Waals surface area contributed by atoms with Crippen LogP contribution in [0, 0.1) is 0 Å². The van der Waals surface area contributed by atoms with Gasteiger partial charge in [-0.25, -0.2) is 4.57 Å². The fraction of sp³-hybridized carbons (Fsp3) is 0.514. The number of phosphoric acid groups is 1. The summed E-state index contributed by atoms with van der Waals surface area (Å²) in [5, 5.41) is 12.0. The molecular weight excluding hydrogens is 619 g/mol. The fourth-order valence-corrected chi connectivity index (χ4v) is 8.29. The van der Waals surface area contributed by atoms with Gasteiger partial charge in [-0.3, -0.25) is 13.6 Å². The summed E-state index contributed by atoms with van der Waals surface area (Å²) >= 11 is 0. The molecule has 3 aromatic rings. The van der Waals surface area contributed by atoms with Crippen LogP contribution in [0.2, 0.25) is 0 Å². The molecule has 254 valence electrons. The van der Waals surface area contributed by atoms with E-state index < -0.39 is 44.6 Å². The highest BCUT2D eigenvalue weighted by molar-refractivity contribution is 7.48. The quantitative estimate of drug-likeness (QED) is 0.191. The van der Waals surface area contributed by atoms with Crippen LogP contribution in [0.1, 0.15) is 62.1 Å². The van der Waals surface area contributed by atoms with Crippen molar-refractivity contribution in [3.05, 3.63) is 108 Å². The Morgan fingerprint density at radius 2 is 1.40 bits per heavy atom. The van der Waals surface area contributed by atoms with Crippen LogP contribution in [0.15, 0.2) is 91.0 Å². The fourth-order valence-electron chi connectivity index (χ4n) is 6.56. The molecule has 0 amide bonds. The van der Waals surface area contributed by atoms with Gasteiger partial charge in [0.1, 0.15) is 24.4 Å². The van der Waals surface area contributed by atoms with Gasteiger partial charge in [-0.1, -0.05) is 110 Å². The Labute approximate surface area is 278 Å². The van der Waals surface area contributed by atoms with E-state index in [1.807, 2.05) is 97.9 Å². The molecule has 1 aliphatic carbocycles. The van der Waals surface area contributed by atoms with Gasteiger partial charge in [0.25, 0.3) is 0 Å². The minimum absolute atomic E-state index is 0.0846. The van der Waals surface area contributed by atoms with Gasteiger partial charge in [-0.2, -0.15) is 0 Å². The first-order valence-electron chi connectivity index (χ1n) is 16.9. The predicted molar refractivity (Wildman–Crippen MR) is 176 cm³/mol. The third kappa shape index (κ3) is 9.82. The number of aliphatic hydroxyl groups excluding tert-OH is 1. The standard InChI is InChI=1S/C37H47O9P/c1-27-22-32(23-28-14-6-2-7-15-28)45-47(39,44-27)46-36-34(38)35(41-25-30-18-10-4-11-19-30)33(26-40-24-29-16-8-3-9-17-29)43-37(36)42-31-20-12-5-13-21-31/h2-4,6-11,14-19,27,31-38H,5,12-13,20-26H2,1H3/t27-,32+,33?,34?,35?,36?,37?,47?/m1/s1. The lowest BCUT2D eigenvalue weighted by molar-refractivity contribution is -0.319. The summed E-state index contributed by atoms with van der Waals surface area (Å²) in [7, 11) is -4.15. The van der Waals surface area contributed by atoms with Crippen LogP contribution in [0.5, 0.6) is 0 Å². The van der Waals surface area contributed by atoms with Crippen LogP contribution in [0.3, 0.4) is 0 Å². The molecule has 8 atom stereocenters. The zero-order valence-corrected chi connectivity index (χ0v) is 27.9. The predicted octanol–water partition coefficient (Wildman–Crippen LogP) is 7.15. The van der Waals surface area contributed by atoms with Crippen LogP contribution in [-0.4, -0.2) is 60.7 Å². The number of hydrogen-bond donors (Lipinski definition) is 1. The summed E-state index contributed by atoms with van der Waals surface area (Å²) in [6.07, 6.45) is 0.124. The third-order valence-electron chi connectivity index (χ3n) is 8.91. The summed E-state index contributed by atoms with van der Waals surface area (Å²) in [6.45, 7) is 2.59. The molecule has 0 bridgehead atoms. The lowest BCUT2D eigenvalue weighted by Crippen LogP contribution is -2.61. The van der Waals surface area contributed by atoms with Crippen molar-refractivity contribution in [2.24, 2.45) is 0 Å². The maximum atomic E-state index is 14.2. The topological polar surface area (TPSA) is 102 Å². The van der Waals surface area contributed by atoms with E-state index in [1.54, 1.807) is 0 Å². The Morgan fingerprint density at radius 1 is 0.787 bits per heavy atom. The van der Waals surface area contributed by atoms with Crippen molar-refractivity contribution >= 4 is 7.82 Å². The number of hydrogen-bond acceptors (Lipinski definition) is 9. The van der Waals surface area contributed by atoms with Gasteiger partial charge >= 0.3 is 7.82 Å². The van der Waals surface area contributed by atoms with Gasteiger partial charge in [0.05, 0.1) is 38.1 Å². The minimum atomic E-state index is -4.15. The molecule has 47 heavy (non-hydrogen) atoms.